The van der Waals surface area contributed by atoms with Crippen molar-refractivity contribution in [1.29, 1.82) is 0 Å². The van der Waals surface area contributed by atoms with Crippen molar-refractivity contribution in [3.63, 3.8) is 0 Å². The maximum absolute atomic E-state index is 12.5. The predicted octanol–water partition coefficient (Wildman–Crippen LogP) is -0.534. The lowest BCUT2D eigenvalue weighted by molar-refractivity contribution is 0.404. The maximum Gasteiger partial charge on any atom is 0.262 e. The topological polar surface area (TPSA) is 92.6 Å². The zero-order valence-electron chi connectivity index (χ0n) is 12.1. The number of imidazole rings is 1. The van der Waals surface area contributed by atoms with E-state index in [1.54, 1.807) is 18.5 Å². The first-order valence-electron chi connectivity index (χ1n) is 6.73. The summed E-state index contributed by atoms with van der Waals surface area (Å²) in [5.74, 6) is 0.0278. The molecule has 0 atom stereocenters. The minimum absolute atomic E-state index is 0.00296. The molecule has 1 aromatic rings. The number of nitrogens with zero attached hydrogens (tertiary/aromatic N) is 4. The van der Waals surface area contributed by atoms with Gasteiger partial charge < -0.3 is 4.57 Å². The summed E-state index contributed by atoms with van der Waals surface area (Å²) in [7, 11) is -5.24. The Hall–Kier alpha value is -0.970. The first-order valence-corrected chi connectivity index (χ1v) is 9.78. The van der Waals surface area contributed by atoms with Crippen LogP contribution in [0.1, 0.15) is 13.3 Å². The Morgan fingerprint density at radius 2 is 1.71 bits per heavy atom. The number of rotatable bonds is 4. The van der Waals surface area contributed by atoms with Gasteiger partial charge in [0, 0.05) is 39.4 Å². The molecule has 0 saturated carbocycles. The molecule has 21 heavy (non-hydrogen) atoms. The number of aryl methyl sites for hydroxylation is 1. The van der Waals surface area contributed by atoms with Gasteiger partial charge in [-0.25, -0.2) is 26.1 Å². The first kappa shape index (κ1) is 16.4. The highest BCUT2D eigenvalue weighted by Gasteiger charge is 2.31. The zero-order chi connectivity index (χ0) is 15.7. The summed E-state index contributed by atoms with van der Waals surface area (Å²) in [5, 5.41) is -0.00296. The molecule has 2 heterocycles. The fourth-order valence-electron chi connectivity index (χ4n) is 2.23. The molecule has 8 nitrogen and oxygen atoms in total. The van der Waals surface area contributed by atoms with Crippen LogP contribution in [-0.2, 0) is 27.1 Å². The molecule has 1 aliphatic rings. The second-order valence-corrected chi connectivity index (χ2v) is 9.08. The highest BCUT2D eigenvalue weighted by molar-refractivity contribution is 7.89. The van der Waals surface area contributed by atoms with Crippen LogP contribution < -0.4 is 0 Å². The standard InChI is InChI=1S/C11H20N4O4S2/c1-3-20(16,17)14-5-4-6-15(8-7-14)21(18,19)11-9-13(2)10-12-11/h9-10H,3-8H2,1-2H3. The van der Waals surface area contributed by atoms with Crippen LogP contribution in [-0.4, -0.2) is 66.9 Å². The quantitative estimate of drug-likeness (QED) is 0.737. The molecular weight excluding hydrogens is 316 g/mol. The van der Waals surface area contributed by atoms with E-state index in [4.69, 9.17) is 0 Å². The molecular formula is C11H20N4O4S2. The fourth-order valence-corrected chi connectivity index (χ4v) is 4.79. The minimum atomic E-state index is -3.66. The van der Waals surface area contributed by atoms with Crippen molar-refractivity contribution >= 4 is 20.0 Å². The van der Waals surface area contributed by atoms with Crippen molar-refractivity contribution in [2.75, 3.05) is 31.9 Å². The Kier molecular flexibility index (Phi) is 4.71. The summed E-state index contributed by atoms with van der Waals surface area (Å²) < 4.78 is 52.9. The normalized spacial score (nSPS) is 19.5. The van der Waals surface area contributed by atoms with E-state index in [-0.39, 0.29) is 23.9 Å². The average molecular weight is 336 g/mol. The maximum atomic E-state index is 12.5. The third-order valence-corrected chi connectivity index (χ3v) is 7.12. The van der Waals surface area contributed by atoms with Crippen LogP contribution in [0.4, 0.5) is 0 Å². The summed E-state index contributed by atoms with van der Waals surface area (Å²) in [6, 6.07) is 0. The van der Waals surface area contributed by atoms with E-state index >= 15 is 0 Å². The molecule has 2 rings (SSSR count). The van der Waals surface area contributed by atoms with Crippen molar-refractivity contribution in [3.8, 4) is 0 Å². The Labute approximate surface area is 125 Å². The van der Waals surface area contributed by atoms with Gasteiger partial charge in [-0.2, -0.15) is 4.31 Å². The van der Waals surface area contributed by atoms with Crippen LogP contribution in [0.15, 0.2) is 17.6 Å². The van der Waals surface area contributed by atoms with Gasteiger partial charge >= 0.3 is 0 Å². The molecule has 0 aliphatic carbocycles. The Balaban J connectivity index is 2.17. The average Bonchev–Trinajstić information content (AvgIpc) is 2.72. The molecule has 0 amide bonds. The Morgan fingerprint density at radius 1 is 1.10 bits per heavy atom. The SMILES string of the molecule is CCS(=O)(=O)N1CCCN(S(=O)(=O)c2cn(C)cn2)CC1. The van der Waals surface area contributed by atoms with Gasteiger partial charge in [-0.3, -0.25) is 0 Å². The van der Waals surface area contributed by atoms with E-state index < -0.39 is 20.0 Å². The molecule has 0 bridgehead atoms. The van der Waals surface area contributed by atoms with Gasteiger partial charge in [0.05, 0.1) is 12.1 Å². The monoisotopic (exact) mass is 336 g/mol. The summed E-state index contributed by atoms with van der Waals surface area (Å²) in [5.41, 5.74) is 0. The molecule has 0 radical (unpaired) electrons. The van der Waals surface area contributed by atoms with Gasteiger partial charge in [0.1, 0.15) is 0 Å². The highest BCUT2D eigenvalue weighted by Crippen LogP contribution is 2.17. The Morgan fingerprint density at radius 3 is 2.29 bits per heavy atom. The minimum Gasteiger partial charge on any atom is -0.339 e. The summed E-state index contributed by atoms with van der Waals surface area (Å²) in [4.78, 5) is 3.88. The van der Waals surface area contributed by atoms with Gasteiger partial charge in [-0.05, 0) is 13.3 Å². The van der Waals surface area contributed by atoms with E-state index in [0.29, 0.717) is 19.5 Å². The van der Waals surface area contributed by atoms with E-state index in [2.05, 4.69) is 4.98 Å². The number of hydrogen-bond donors (Lipinski definition) is 0. The van der Waals surface area contributed by atoms with E-state index in [1.807, 2.05) is 0 Å². The smallest absolute Gasteiger partial charge is 0.262 e. The molecule has 0 spiro atoms. The highest BCUT2D eigenvalue weighted by atomic mass is 32.2. The van der Waals surface area contributed by atoms with Crippen molar-refractivity contribution < 1.29 is 16.8 Å². The van der Waals surface area contributed by atoms with Crippen LogP contribution in [0.5, 0.6) is 0 Å². The first-order chi connectivity index (χ1) is 9.77. The van der Waals surface area contributed by atoms with Gasteiger partial charge in [0.25, 0.3) is 10.0 Å². The van der Waals surface area contributed by atoms with Crippen LogP contribution >= 0.6 is 0 Å². The lowest BCUT2D eigenvalue weighted by Gasteiger charge is -2.20. The largest absolute Gasteiger partial charge is 0.339 e. The van der Waals surface area contributed by atoms with Crippen molar-refractivity contribution in [2.24, 2.45) is 7.05 Å². The molecule has 0 N–H and O–H groups in total. The van der Waals surface area contributed by atoms with Gasteiger partial charge in [-0.1, -0.05) is 0 Å². The van der Waals surface area contributed by atoms with Crippen molar-refractivity contribution in [2.45, 2.75) is 18.4 Å². The van der Waals surface area contributed by atoms with E-state index in [9.17, 15) is 16.8 Å². The number of sulfonamides is 2. The molecule has 1 saturated heterocycles. The second kappa shape index (κ2) is 6.03. The number of aromatic nitrogens is 2. The number of hydrogen-bond acceptors (Lipinski definition) is 5. The van der Waals surface area contributed by atoms with Gasteiger partial charge in [-0.15, -0.1) is 0 Å². The molecule has 0 aromatic carbocycles. The van der Waals surface area contributed by atoms with Crippen LogP contribution in [0.3, 0.4) is 0 Å². The summed E-state index contributed by atoms with van der Waals surface area (Å²) in [6.45, 7) is 2.57. The second-order valence-electron chi connectivity index (χ2n) is 4.93. The van der Waals surface area contributed by atoms with Crippen LogP contribution in [0.2, 0.25) is 0 Å². The fraction of sp³-hybridized carbons (Fsp3) is 0.727. The summed E-state index contributed by atoms with van der Waals surface area (Å²) in [6.07, 6.45) is 3.35. The molecule has 0 unspecified atom stereocenters. The van der Waals surface area contributed by atoms with E-state index in [1.165, 1.54) is 21.1 Å². The molecule has 10 heteroatoms. The van der Waals surface area contributed by atoms with Crippen LogP contribution in [0, 0.1) is 0 Å². The zero-order valence-corrected chi connectivity index (χ0v) is 13.8. The summed E-state index contributed by atoms with van der Waals surface area (Å²) >= 11 is 0. The van der Waals surface area contributed by atoms with Crippen LogP contribution in [0.25, 0.3) is 0 Å². The molecule has 1 aliphatic heterocycles. The van der Waals surface area contributed by atoms with Gasteiger partial charge in [0.15, 0.2) is 5.03 Å². The lowest BCUT2D eigenvalue weighted by Crippen LogP contribution is -2.38. The predicted molar refractivity (Wildman–Crippen MR) is 77.6 cm³/mol. The lowest BCUT2D eigenvalue weighted by atomic mass is 10.4. The Bertz CT molecular complexity index is 696. The van der Waals surface area contributed by atoms with Gasteiger partial charge in [0.2, 0.25) is 10.0 Å². The third-order valence-electron chi connectivity index (χ3n) is 3.46. The van der Waals surface area contributed by atoms with Crippen molar-refractivity contribution in [3.05, 3.63) is 12.5 Å². The third kappa shape index (κ3) is 3.44. The van der Waals surface area contributed by atoms with Crippen molar-refractivity contribution in [1.82, 2.24) is 18.2 Å². The molecule has 120 valence electrons. The van der Waals surface area contributed by atoms with E-state index in [0.717, 1.165) is 0 Å². The molecule has 1 fully saturated rings. The molecule has 1 aromatic heterocycles.